The average molecular weight is 1020 g/mol. The van der Waals surface area contributed by atoms with Gasteiger partial charge in [0, 0.05) is 94.7 Å². The predicted octanol–water partition coefficient (Wildman–Crippen LogP) is 18.0. The minimum Gasteiger partial charge on any atom is -0.446 e. The first-order valence-electron chi connectivity index (χ1n) is 27.5. The van der Waals surface area contributed by atoms with Gasteiger partial charge in [-0.2, -0.15) is 0 Å². The molecule has 16 aromatic rings. The number of benzene rings is 12. The summed E-state index contributed by atoms with van der Waals surface area (Å²) in [6.07, 6.45) is 0. The van der Waals surface area contributed by atoms with Crippen LogP contribution in [0.2, 0.25) is 0 Å². The van der Waals surface area contributed by atoms with E-state index in [4.69, 9.17) is 9.47 Å². The maximum absolute atomic E-state index is 7.91. The van der Waals surface area contributed by atoms with Crippen LogP contribution in [0.5, 0.6) is 11.5 Å². The molecule has 18 rings (SSSR count). The summed E-state index contributed by atoms with van der Waals surface area (Å²) in [5, 5.41) is 9.71. The number of nitrogens with zero attached hydrogens (tertiary/aromatic N) is 4. The zero-order valence-electron chi connectivity index (χ0n) is 43.2. The largest absolute Gasteiger partial charge is 0.446 e. The average Bonchev–Trinajstić information content (AvgIpc) is 3.08. The molecular weight excluding hydrogens is 977 g/mol. The molecule has 0 fully saturated rings. The third kappa shape index (κ3) is 5.61. The maximum Gasteiger partial charge on any atom is 0.296 e. The molecule has 12 aromatic carbocycles. The van der Waals surface area contributed by atoms with Crippen LogP contribution < -0.4 is 9.47 Å². The third-order valence-corrected chi connectivity index (χ3v) is 17.6. The number of ether oxygens (including phenoxy) is 2. The third-order valence-electron chi connectivity index (χ3n) is 17.6. The molecule has 0 saturated carbocycles. The van der Waals surface area contributed by atoms with E-state index in [2.05, 4.69) is 297 Å². The molecule has 0 saturated heterocycles. The van der Waals surface area contributed by atoms with Gasteiger partial charge in [-0.15, -0.1) is 0 Å². The Labute approximate surface area is 459 Å². The van der Waals surface area contributed by atoms with Gasteiger partial charge in [0.05, 0.1) is 44.1 Å². The van der Waals surface area contributed by atoms with Crippen LogP contribution in [-0.2, 0) is 11.2 Å². The molecular formula is C74H46N4O2. The van der Waals surface area contributed by atoms with Gasteiger partial charge < -0.3 is 27.7 Å². The highest BCUT2D eigenvalue weighted by molar-refractivity contribution is 6.12. The second-order valence-electron chi connectivity index (χ2n) is 21.5. The van der Waals surface area contributed by atoms with E-state index in [0.29, 0.717) is 0 Å². The fraction of sp³-hybridized carbons (Fsp3) is 0.0270. The van der Waals surface area contributed by atoms with Crippen LogP contribution in [0, 0.1) is 0 Å². The molecule has 0 N–H and O–H groups in total. The van der Waals surface area contributed by atoms with Gasteiger partial charge in [-0.3, -0.25) is 0 Å². The normalized spacial score (nSPS) is 16.6. The molecule has 0 bridgehead atoms. The van der Waals surface area contributed by atoms with Crippen LogP contribution in [0.1, 0.15) is 22.3 Å². The van der Waals surface area contributed by atoms with Crippen LogP contribution in [0.15, 0.2) is 279 Å². The Morgan fingerprint density at radius 2 is 0.463 bits per heavy atom. The number of fused-ring (bicyclic) bond motifs is 17. The lowest BCUT2D eigenvalue weighted by Crippen LogP contribution is -2.50. The summed E-state index contributed by atoms with van der Waals surface area (Å²) in [6.45, 7) is 0. The van der Waals surface area contributed by atoms with Crippen molar-refractivity contribution >= 4 is 87.2 Å². The summed E-state index contributed by atoms with van der Waals surface area (Å²) in [4.78, 5) is 0. The topological polar surface area (TPSA) is 38.2 Å². The quantitative estimate of drug-likeness (QED) is 0.166. The van der Waals surface area contributed by atoms with Crippen molar-refractivity contribution in [3.8, 4) is 34.2 Å². The van der Waals surface area contributed by atoms with Crippen molar-refractivity contribution in [2.45, 2.75) is 11.2 Å². The lowest BCUT2D eigenvalue weighted by Gasteiger charge is -2.38. The molecule has 2 aliphatic rings. The molecule has 0 atom stereocenters. The van der Waals surface area contributed by atoms with Gasteiger partial charge >= 0.3 is 0 Å². The van der Waals surface area contributed by atoms with Crippen molar-refractivity contribution in [2.24, 2.45) is 0 Å². The second-order valence-corrected chi connectivity index (χ2v) is 21.5. The number of aromatic nitrogens is 4. The molecule has 0 spiro atoms. The van der Waals surface area contributed by atoms with E-state index < -0.39 is 11.2 Å². The molecule has 6 heteroatoms. The number of hydrogen-bond acceptors (Lipinski definition) is 2. The SMILES string of the molecule is c1ccc2c(c1)c1ccccc1n2-c1ccc(C23Oc4cc(-n5c6ccccc6c6ccccc65)ccc4C2(c2ccc(-n4c5ccccc5c5ccccc54)cc2)c2ccc(-n4c5ccccc5c5ccccc54)cc2O3)cc1. The fourth-order valence-electron chi connectivity index (χ4n) is 14.4. The summed E-state index contributed by atoms with van der Waals surface area (Å²) in [6, 6.07) is 101. The molecule has 0 unspecified atom stereocenters. The molecule has 6 heterocycles. The minimum atomic E-state index is -1.41. The summed E-state index contributed by atoms with van der Waals surface area (Å²) in [5.41, 5.74) is 16.3. The van der Waals surface area contributed by atoms with Crippen molar-refractivity contribution in [1.29, 1.82) is 0 Å². The van der Waals surface area contributed by atoms with E-state index in [1.165, 1.54) is 43.1 Å². The molecule has 80 heavy (non-hydrogen) atoms. The van der Waals surface area contributed by atoms with E-state index in [-0.39, 0.29) is 0 Å². The van der Waals surface area contributed by atoms with Gasteiger partial charge in [0.1, 0.15) is 16.9 Å². The standard InChI is InChI=1S/C74H46N4O2/c1-9-25-63-53(17-1)54-18-2-10-26-64(54)75(63)49-37-33-47(34-38-49)73-61-43-41-51(77-67-29-13-5-21-57(67)58-22-6-14-30-68(58)77)45-71(61)79-74(73,48-35-39-50(40-36-48)76-65-27-11-3-19-55(65)56-20-4-12-28-66(56)76)80-72-46-52(42-44-62(72)73)78-69-31-15-7-23-59(69)60-24-8-16-32-70(60)78/h1-46H. The molecule has 2 aliphatic heterocycles. The second kappa shape index (κ2) is 16.0. The lowest BCUT2D eigenvalue weighted by molar-refractivity contribution is -0.119. The zero-order valence-corrected chi connectivity index (χ0v) is 43.2. The van der Waals surface area contributed by atoms with E-state index >= 15 is 0 Å². The van der Waals surface area contributed by atoms with Crippen molar-refractivity contribution in [2.75, 3.05) is 0 Å². The van der Waals surface area contributed by atoms with Gasteiger partial charge in [-0.1, -0.05) is 170 Å². The molecule has 0 radical (unpaired) electrons. The highest BCUT2D eigenvalue weighted by Gasteiger charge is 2.70. The van der Waals surface area contributed by atoms with Crippen molar-refractivity contribution in [3.63, 3.8) is 0 Å². The Hall–Kier alpha value is -10.6. The Morgan fingerprint density at radius 3 is 0.750 bits per heavy atom. The summed E-state index contributed by atoms with van der Waals surface area (Å²) in [5.74, 6) is 0.114. The summed E-state index contributed by atoms with van der Waals surface area (Å²) in [7, 11) is 0. The number of rotatable bonds is 6. The van der Waals surface area contributed by atoms with Gasteiger partial charge in [0.15, 0.2) is 0 Å². The minimum absolute atomic E-state index is 0.763. The monoisotopic (exact) mass is 1020 g/mol. The van der Waals surface area contributed by atoms with E-state index in [9.17, 15) is 0 Å². The maximum atomic E-state index is 7.91. The molecule has 6 nitrogen and oxygen atoms in total. The fourth-order valence-corrected chi connectivity index (χ4v) is 14.4. The Balaban J connectivity index is 0.907. The Kier molecular flexibility index (Phi) is 8.71. The van der Waals surface area contributed by atoms with Crippen LogP contribution in [-0.4, -0.2) is 18.3 Å². The zero-order chi connectivity index (χ0) is 52.3. The van der Waals surface area contributed by atoms with Crippen LogP contribution >= 0.6 is 0 Å². The molecule has 0 amide bonds. The molecule has 374 valence electrons. The number of para-hydroxylation sites is 8. The lowest BCUT2D eigenvalue weighted by atomic mass is 9.64. The Morgan fingerprint density at radius 1 is 0.225 bits per heavy atom. The summed E-state index contributed by atoms with van der Waals surface area (Å²) >= 11 is 0. The predicted molar refractivity (Wildman–Crippen MR) is 326 cm³/mol. The van der Waals surface area contributed by atoms with Crippen LogP contribution in [0.25, 0.3) is 110 Å². The highest BCUT2D eigenvalue weighted by atomic mass is 16.7. The van der Waals surface area contributed by atoms with E-state index in [0.717, 1.165) is 101 Å². The van der Waals surface area contributed by atoms with E-state index in [1.54, 1.807) is 0 Å². The number of hydrogen-bond donors (Lipinski definition) is 0. The first kappa shape index (κ1) is 43.5. The first-order chi connectivity index (χ1) is 39.7. The summed E-state index contributed by atoms with van der Waals surface area (Å²) < 4.78 is 25.3. The van der Waals surface area contributed by atoms with Crippen molar-refractivity contribution < 1.29 is 9.47 Å². The van der Waals surface area contributed by atoms with Crippen molar-refractivity contribution in [3.05, 3.63) is 301 Å². The smallest absolute Gasteiger partial charge is 0.296 e. The Bertz CT molecular complexity index is 4880. The van der Waals surface area contributed by atoms with Crippen LogP contribution in [0.4, 0.5) is 0 Å². The van der Waals surface area contributed by atoms with Gasteiger partial charge in [0.2, 0.25) is 0 Å². The van der Waals surface area contributed by atoms with Gasteiger partial charge in [-0.25, -0.2) is 0 Å². The van der Waals surface area contributed by atoms with Gasteiger partial charge in [-0.05, 0) is 103 Å². The molecule has 0 aliphatic carbocycles. The van der Waals surface area contributed by atoms with Crippen LogP contribution in [0.3, 0.4) is 0 Å². The van der Waals surface area contributed by atoms with Crippen molar-refractivity contribution in [1.82, 2.24) is 18.3 Å². The van der Waals surface area contributed by atoms with E-state index in [1.807, 2.05) is 0 Å². The molecule has 4 aromatic heterocycles. The first-order valence-corrected chi connectivity index (χ1v) is 27.5. The van der Waals surface area contributed by atoms with Gasteiger partial charge in [0.25, 0.3) is 5.79 Å². The highest BCUT2D eigenvalue weighted by Crippen LogP contribution is 2.67.